The molecule has 0 heterocycles. The van der Waals surface area contributed by atoms with Crippen LogP contribution < -0.4 is 0 Å². The van der Waals surface area contributed by atoms with E-state index in [9.17, 15) is 9.59 Å². The van der Waals surface area contributed by atoms with Crippen LogP contribution in [0, 0.1) is 23.7 Å². The van der Waals surface area contributed by atoms with Crippen molar-refractivity contribution in [1.29, 1.82) is 0 Å². The van der Waals surface area contributed by atoms with Crippen LogP contribution in [-0.4, -0.2) is 25.2 Å². The second-order valence-corrected chi connectivity index (χ2v) is 9.17. The molecule has 0 radical (unpaired) electrons. The van der Waals surface area contributed by atoms with E-state index in [1.807, 2.05) is 6.92 Å². The maximum absolute atomic E-state index is 12.7. The molecule has 0 spiro atoms. The largest absolute Gasteiger partial charge is 0.465 e. The maximum atomic E-state index is 12.7. The zero-order valence-electron chi connectivity index (χ0n) is 19.5. The van der Waals surface area contributed by atoms with Crippen molar-refractivity contribution < 1.29 is 19.1 Å². The summed E-state index contributed by atoms with van der Waals surface area (Å²) in [5.41, 5.74) is 1.15. The standard InChI is InChI=1S/C25H44O4/c1-6-8-10-12-20(4)17-28-24(26)22-15-14-19(3)16-23(22)25(27)29-18-21(5)13-11-9-7-2/h14,20-23H,6-13,15-18H2,1-5H3. The van der Waals surface area contributed by atoms with Crippen LogP contribution in [0.1, 0.15) is 98.8 Å². The minimum Gasteiger partial charge on any atom is -0.465 e. The number of hydrogen-bond acceptors (Lipinski definition) is 4. The van der Waals surface area contributed by atoms with Crippen LogP contribution in [0.25, 0.3) is 0 Å². The molecule has 1 aliphatic carbocycles. The first-order valence-electron chi connectivity index (χ1n) is 11.9. The van der Waals surface area contributed by atoms with Gasteiger partial charge in [-0.15, -0.1) is 0 Å². The summed E-state index contributed by atoms with van der Waals surface area (Å²) in [5.74, 6) is -0.581. The highest BCUT2D eigenvalue weighted by molar-refractivity contribution is 5.83. The van der Waals surface area contributed by atoms with Gasteiger partial charge in [0.1, 0.15) is 0 Å². The smallest absolute Gasteiger partial charge is 0.310 e. The van der Waals surface area contributed by atoms with Crippen molar-refractivity contribution in [2.24, 2.45) is 23.7 Å². The molecule has 168 valence electrons. The molecule has 0 fully saturated rings. The molecular weight excluding hydrogens is 364 g/mol. The number of hydrogen-bond donors (Lipinski definition) is 0. The normalized spacial score (nSPS) is 21.2. The van der Waals surface area contributed by atoms with E-state index >= 15 is 0 Å². The molecule has 1 aliphatic rings. The van der Waals surface area contributed by atoms with Crippen molar-refractivity contribution in [3.8, 4) is 0 Å². The van der Waals surface area contributed by atoms with Gasteiger partial charge in [-0.3, -0.25) is 9.59 Å². The van der Waals surface area contributed by atoms with Crippen LogP contribution in [0.15, 0.2) is 11.6 Å². The fraction of sp³-hybridized carbons (Fsp3) is 0.840. The highest BCUT2D eigenvalue weighted by Crippen LogP contribution is 2.32. The van der Waals surface area contributed by atoms with E-state index in [1.54, 1.807) is 0 Å². The SMILES string of the molecule is CCCCCC(C)COC(=O)C1CC=C(C)CC1C(=O)OCC(C)CCCCC. The van der Waals surface area contributed by atoms with E-state index in [0.717, 1.165) is 18.4 Å². The lowest BCUT2D eigenvalue weighted by Gasteiger charge is -2.28. The second-order valence-electron chi connectivity index (χ2n) is 9.17. The number of rotatable bonds is 14. The molecule has 0 aromatic carbocycles. The van der Waals surface area contributed by atoms with E-state index < -0.39 is 11.8 Å². The van der Waals surface area contributed by atoms with Gasteiger partial charge in [-0.2, -0.15) is 0 Å². The zero-order valence-corrected chi connectivity index (χ0v) is 19.5. The summed E-state index contributed by atoms with van der Waals surface area (Å²) in [5, 5.41) is 0. The Morgan fingerprint density at radius 1 is 0.897 bits per heavy atom. The Labute approximate surface area is 178 Å². The highest BCUT2D eigenvalue weighted by Gasteiger charge is 2.37. The van der Waals surface area contributed by atoms with Gasteiger partial charge >= 0.3 is 11.9 Å². The lowest BCUT2D eigenvalue weighted by molar-refractivity contribution is -0.162. The van der Waals surface area contributed by atoms with Gasteiger partial charge in [0.25, 0.3) is 0 Å². The van der Waals surface area contributed by atoms with Crippen molar-refractivity contribution in [2.75, 3.05) is 13.2 Å². The molecular formula is C25H44O4. The molecule has 1 rings (SSSR count). The Kier molecular flexibility index (Phi) is 13.0. The molecule has 0 N–H and O–H groups in total. The average Bonchev–Trinajstić information content (AvgIpc) is 2.70. The Hall–Kier alpha value is -1.32. The van der Waals surface area contributed by atoms with E-state index in [-0.39, 0.29) is 11.9 Å². The van der Waals surface area contributed by atoms with Gasteiger partial charge in [0.05, 0.1) is 25.0 Å². The van der Waals surface area contributed by atoms with Crippen LogP contribution in [0.2, 0.25) is 0 Å². The fourth-order valence-electron chi connectivity index (χ4n) is 3.89. The van der Waals surface area contributed by atoms with Crippen LogP contribution in [0.3, 0.4) is 0 Å². The Morgan fingerprint density at radius 3 is 1.86 bits per heavy atom. The topological polar surface area (TPSA) is 52.6 Å². The quantitative estimate of drug-likeness (QED) is 0.187. The second kappa shape index (κ2) is 14.6. The third-order valence-electron chi connectivity index (χ3n) is 5.97. The summed E-state index contributed by atoms with van der Waals surface area (Å²) >= 11 is 0. The third-order valence-corrected chi connectivity index (χ3v) is 5.97. The number of ether oxygens (including phenoxy) is 2. The van der Waals surface area contributed by atoms with Crippen molar-refractivity contribution in [3.05, 3.63) is 11.6 Å². The molecule has 0 aromatic rings. The van der Waals surface area contributed by atoms with Gasteiger partial charge in [-0.05, 0) is 44.4 Å². The molecule has 4 atom stereocenters. The maximum Gasteiger partial charge on any atom is 0.310 e. The molecule has 0 aromatic heterocycles. The van der Waals surface area contributed by atoms with Gasteiger partial charge in [0.15, 0.2) is 0 Å². The summed E-state index contributed by atoms with van der Waals surface area (Å²) < 4.78 is 11.2. The minimum atomic E-state index is -0.413. The van der Waals surface area contributed by atoms with E-state index in [0.29, 0.717) is 37.9 Å². The molecule has 4 nitrogen and oxygen atoms in total. The Morgan fingerprint density at radius 2 is 1.38 bits per heavy atom. The first-order valence-corrected chi connectivity index (χ1v) is 11.9. The Balaban J connectivity index is 2.52. The highest BCUT2D eigenvalue weighted by atomic mass is 16.5. The van der Waals surface area contributed by atoms with Crippen LogP contribution in [0.5, 0.6) is 0 Å². The molecule has 4 heteroatoms. The van der Waals surface area contributed by atoms with Crippen molar-refractivity contribution in [1.82, 2.24) is 0 Å². The van der Waals surface area contributed by atoms with Gasteiger partial charge < -0.3 is 9.47 Å². The Bertz CT molecular complexity index is 511. The first-order chi connectivity index (χ1) is 13.9. The predicted molar refractivity (Wildman–Crippen MR) is 119 cm³/mol. The molecule has 29 heavy (non-hydrogen) atoms. The number of carbonyl (C=O) groups excluding carboxylic acids is 2. The summed E-state index contributed by atoms with van der Waals surface area (Å²) in [7, 11) is 0. The van der Waals surface area contributed by atoms with Crippen LogP contribution >= 0.6 is 0 Å². The van der Waals surface area contributed by atoms with E-state index in [1.165, 1.54) is 38.5 Å². The zero-order chi connectivity index (χ0) is 21.6. The molecule has 0 bridgehead atoms. The van der Waals surface area contributed by atoms with Crippen LogP contribution in [0.4, 0.5) is 0 Å². The lowest BCUT2D eigenvalue weighted by Crippen LogP contribution is -2.35. The van der Waals surface area contributed by atoms with Crippen molar-refractivity contribution in [2.45, 2.75) is 98.8 Å². The van der Waals surface area contributed by atoms with Gasteiger partial charge in [0.2, 0.25) is 0 Å². The van der Waals surface area contributed by atoms with E-state index in [2.05, 4.69) is 33.8 Å². The predicted octanol–water partition coefficient (Wildman–Crippen LogP) is 6.48. The van der Waals surface area contributed by atoms with Gasteiger partial charge in [-0.25, -0.2) is 0 Å². The summed E-state index contributed by atoms with van der Waals surface area (Å²) in [6.45, 7) is 11.5. The number of esters is 2. The first kappa shape index (κ1) is 25.7. The van der Waals surface area contributed by atoms with E-state index in [4.69, 9.17) is 9.47 Å². The molecule has 0 aliphatic heterocycles. The number of carbonyl (C=O) groups is 2. The monoisotopic (exact) mass is 408 g/mol. The van der Waals surface area contributed by atoms with Crippen LogP contribution in [-0.2, 0) is 19.1 Å². The third kappa shape index (κ3) is 10.3. The van der Waals surface area contributed by atoms with Gasteiger partial charge in [-0.1, -0.05) is 77.9 Å². The molecule has 0 saturated heterocycles. The minimum absolute atomic E-state index is 0.238. The van der Waals surface area contributed by atoms with Crippen molar-refractivity contribution in [3.63, 3.8) is 0 Å². The molecule has 4 unspecified atom stereocenters. The summed E-state index contributed by atoms with van der Waals surface area (Å²) in [6.07, 6.45) is 12.5. The van der Waals surface area contributed by atoms with Gasteiger partial charge in [0, 0.05) is 0 Å². The van der Waals surface area contributed by atoms with Crippen molar-refractivity contribution >= 4 is 11.9 Å². The molecule has 0 amide bonds. The molecule has 0 saturated carbocycles. The lowest BCUT2D eigenvalue weighted by atomic mass is 9.80. The summed E-state index contributed by atoms with van der Waals surface area (Å²) in [4.78, 5) is 25.5. The summed E-state index contributed by atoms with van der Waals surface area (Å²) in [6, 6.07) is 0. The number of allylic oxidation sites excluding steroid dienone is 2. The fourth-order valence-corrected chi connectivity index (χ4v) is 3.89. The number of unbranched alkanes of at least 4 members (excludes halogenated alkanes) is 4. The average molecular weight is 409 g/mol.